The zero-order chi connectivity index (χ0) is 19.3. The maximum Gasteiger partial charge on any atom is 0.573 e. The zero-order valence-electron chi connectivity index (χ0n) is 13.7. The summed E-state index contributed by atoms with van der Waals surface area (Å²) in [5.74, 6) is -0.107. The summed E-state index contributed by atoms with van der Waals surface area (Å²) in [6, 6.07) is 11.8. The van der Waals surface area contributed by atoms with Gasteiger partial charge in [0.05, 0.1) is 0 Å². The Morgan fingerprint density at radius 2 is 1.78 bits per heavy atom. The second-order valence-electron chi connectivity index (χ2n) is 5.29. The zero-order valence-corrected chi connectivity index (χ0v) is 14.5. The van der Waals surface area contributed by atoms with Crippen LogP contribution in [0.2, 0.25) is 0 Å². The van der Waals surface area contributed by atoms with E-state index in [1.807, 2.05) is 12.1 Å². The van der Waals surface area contributed by atoms with Crippen molar-refractivity contribution in [1.82, 2.24) is 4.98 Å². The Labute approximate surface area is 156 Å². The summed E-state index contributed by atoms with van der Waals surface area (Å²) in [5, 5.41) is 3.12. The van der Waals surface area contributed by atoms with Crippen molar-refractivity contribution in [1.29, 1.82) is 0 Å². The van der Waals surface area contributed by atoms with Gasteiger partial charge in [0.1, 0.15) is 5.75 Å². The van der Waals surface area contributed by atoms with Crippen LogP contribution in [0.25, 0.3) is 0 Å². The van der Waals surface area contributed by atoms with Gasteiger partial charge < -0.3 is 14.5 Å². The maximum absolute atomic E-state index is 12.2. The van der Waals surface area contributed by atoms with E-state index >= 15 is 0 Å². The van der Waals surface area contributed by atoms with Crippen LogP contribution in [-0.4, -0.2) is 17.3 Å². The van der Waals surface area contributed by atoms with E-state index in [1.165, 1.54) is 30.0 Å². The molecule has 3 aromatic rings. The lowest BCUT2D eigenvalue weighted by molar-refractivity contribution is -0.274. The lowest BCUT2D eigenvalue weighted by atomic mass is 10.3. The Hall–Kier alpha value is -2.94. The van der Waals surface area contributed by atoms with Gasteiger partial charge in [-0.05, 0) is 54.1 Å². The molecule has 0 bridgehead atoms. The molecule has 0 saturated carbocycles. The summed E-state index contributed by atoms with van der Waals surface area (Å²) >= 11 is 1.43. The number of anilines is 1. The molecule has 0 aliphatic heterocycles. The van der Waals surface area contributed by atoms with E-state index in [1.54, 1.807) is 18.5 Å². The number of nitrogens with one attached hydrogen (secondary N) is 1. The highest BCUT2D eigenvalue weighted by atomic mass is 32.2. The number of furan rings is 1. The number of nitrogens with zero attached hydrogens (tertiary/aromatic N) is 1. The van der Waals surface area contributed by atoms with Crippen LogP contribution in [-0.2, 0) is 5.75 Å². The van der Waals surface area contributed by atoms with Gasteiger partial charge in [-0.15, -0.1) is 13.2 Å². The fourth-order valence-electron chi connectivity index (χ4n) is 2.09. The summed E-state index contributed by atoms with van der Waals surface area (Å²) in [6.07, 6.45) is -1.37. The first-order chi connectivity index (χ1) is 12.9. The summed E-state index contributed by atoms with van der Waals surface area (Å²) < 4.78 is 45.7. The maximum atomic E-state index is 12.2. The predicted molar refractivity (Wildman–Crippen MR) is 93.6 cm³/mol. The summed E-state index contributed by atoms with van der Waals surface area (Å²) in [5.41, 5.74) is 1.38. The molecule has 27 heavy (non-hydrogen) atoms. The molecular weight excluding hydrogens is 381 g/mol. The van der Waals surface area contributed by atoms with Gasteiger partial charge in [0.15, 0.2) is 10.9 Å². The lowest BCUT2D eigenvalue weighted by Crippen LogP contribution is -2.17. The van der Waals surface area contributed by atoms with Crippen LogP contribution in [0, 0.1) is 0 Å². The highest BCUT2D eigenvalue weighted by molar-refractivity contribution is 7.98. The number of hydrogen-bond donors (Lipinski definition) is 1. The monoisotopic (exact) mass is 394 g/mol. The third kappa shape index (κ3) is 5.78. The van der Waals surface area contributed by atoms with Crippen LogP contribution in [0.3, 0.4) is 0 Å². The third-order valence-corrected chi connectivity index (χ3v) is 4.26. The van der Waals surface area contributed by atoms with Gasteiger partial charge in [0.2, 0.25) is 0 Å². The number of carbonyl (C=O) groups is 1. The number of rotatable bonds is 6. The lowest BCUT2D eigenvalue weighted by Gasteiger charge is -2.09. The number of carbonyl (C=O) groups excluding carboxylic acids is 1. The molecule has 3 rings (SSSR count). The molecule has 0 unspecified atom stereocenters. The number of aromatic nitrogens is 1. The minimum atomic E-state index is -4.76. The second kappa shape index (κ2) is 8.17. The first-order valence-corrected chi connectivity index (χ1v) is 8.66. The van der Waals surface area contributed by atoms with Gasteiger partial charge in [-0.3, -0.25) is 9.78 Å². The van der Waals surface area contributed by atoms with Crippen LogP contribution in [0.1, 0.15) is 16.1 Å². The smallest absolute Gasteiger partial charge is 0.445 e. The number of benzene rings is 1. The number of alkyl halides is 3. The number of thioether (sulfide) groups is 1. The molecule has 0 radical (unpaired) electrons. The molecule has 2 aromatic heterocycles. The van der Waals surface area contributed by atoms with Crippen molar-refractivity contribution in [2.24, 2.45) is 0 Å². The molecular formula is C18H13F3N2O3S. The Kier molecular flexibility index (Phi) is 5.70. The second-order valence-corrected chi connectivity index (χ2v) is 6.27. The van der Waals surface area contributed by atoms with Gasteiger partial charge in [0, 0.05) is 23.8 Å². The average molecular weight is 394 g/mol. The molecule has 9 heteroatoms. The molecule has 0 spiro atoms. The van der Waals surface area contributed by atoms with E-state index in [0.717, 1.165) is 17.7 Å². The van der Waals surface area contributed by atoms with Crippen LogP contribution >= 0.6 is 11.8 Å². The van der Waals surface area contributed by atoms with E-state index in [4.69, 9.17) is 4.42 Å². The number of pyridine rings is 1. The normalized spacial score (nSPS) is 11.2. The SMILES string of the molecule is O=C(Nc1ccc(OC(F)(F)F)cc1)c1ccc(SCc2ccncc2)o1. The highest BCUT2D eigenvalue weighted by Crippen LogP contribution is 2.26. The molecule has 1 aromatic carbocycles. The van der Waals surface area contributed by atoms with Crippen LogP contribution in [0.5, 0.6) is 5.75 Å². The van der Waals surface area contributed by atoms with E-state index in [2.05, 4.69) is 15.0 Å². The van der Waals surface area contributed by atoms with E-state index in [-0.39, 0.29) is 11.5 Å². The molecule has 0 atom stereocenters. The molecule has 2 heterocycles. The quantitative estimate of drug-likeness (QED) is 0.588. The first-order valence-electron chi connectivity index (χ1n) is 7.68. The Balaban J connectivity index is 1.56. The van der Waals surface area contributed by atoms with Crippen molar-refractivity contribution in [3.63, 3.8) is 0 Å². The number of ether oxygens (including phenoxy) is 1. The van der Waals surface area contributed by atoms with Crippen LogP contribution in [0.4, 0.5) is 18.9 Å². The van der Waals surface area contributed by atoms with Gasteiger partial charge in [-0.25, -0.2) is 0 Å². The van der Waals surface area contributed by atoms with Gasteiger partial charge >= 0.3 is 6.36 Å². The molecule has 0 aliphatic rings. The van der Waals surface area contributed by atoms with Gasteiger partial charge in [-0.2, -0.15) is 0 Å². The highest BCUT2D eigenvalue weighted by Gasteiger charge is 2.31. The summed E-state index contributed by atoms with van der Waals surface area (Å²) in [6.45, 7) is 0. The molecule has 140 valence electrons. The molecule has 1 N–H and O–H groups in total. The Morgan fingerprint density at radius 1 is 1.07 bits per heavy atom. The van der Waals surface area contributed by atoms with E-state index < -0.39 is 12.3 Å². The molecule has 5 nitrogen and oxygen atoms in total. The molecule has 0 aliphatic carbocycles. The van der Waals surface area contributed by atoms with Gasteiger partial charge in [0.25, 0.3) is 5.91 Å². The van der Waals surface area contributed by atoms with Crippen molar-refractivity contribution in [2.45, 2.75) is 17.2 Å². The largest absolute Gasteiger partial charge is 0.573 e. The predicted octanol–water partition coefficient (Wildman–Crippen LogP) is 5.12. The number of amides is 1. The molecule has 0 saturated heterocycles. The minimum absolute atomic E-state index is 0.0999. The van der Waals surface area contributed by atoms with Crippen molar-refractivity contribution < 1.29 is 27.1 Å². The summed E-state index contributed by atoms with van der Waals surface area (Å²) in [7, 11) is 0. The Bertz CT molecular complexity index is 896. The van der Waals surface area contributed by atoms with Gasteiger partial charge in [-0.1, -0.05) is 11.8 Å². The Morgan fingerprint density at radius 3 is 2.44 bits per heavy atom. The summed E-state index contributed by atoms with van der Waals surface area (Å²) in [4.78, 5) is 16.1. The van der Waals surface area contributed by atoms with Crippen molar-refractivity contribution in [3.05, 3.63) is 72.2 Å². The average Bonchev–Trinajstić information content (AvgIpc) is 3.10. The minimum Gasteiger partial charge on any atom is -0.445 e. The van der Waals surface area contributed by atoms with Crippen LogP contribution in [0.15, 0.2) is 70.4 Å². The topological polar surface area (TPSA) is 64.4 Å². The van der Waals surface area contributed by atoms with Crippen molar-refractivity contribution in [2.75, 3.05) is 5.32 Å². The number of hydrogen-bond acceptors (Lipinski definition) is 5. The first kappa shape index (κ1) is 18.8. The molecule has 0 fully saturated rings. The van der Waals surface area contributed by atoms with E-state index in [9.17, 15) is 18.0 Å². The molecule has 1 amide bonds. The number of halogens is 3. The standard InChI is InChI=1S/C18H13F3N2O3S/c19-18(20,21)26-14-3-1-13(2-4-14)23-17(24)15-5-6-16(25-15)27-11-12-7-9-22-10-8-12/h1-10H,11H2,(H,23,24). The van der Waals surface area contributed by atoms with Crippen LogP contribution < -0.4 is 10.1 Å². The van der Waals surface area contributed by atoms with Crippen molar-refractivity contribution in [3.8, 4) is 5.75 Å². The fourth-order valence-corrected chi connectivity index (χ4v) is 2.90. The van der Waals surface area contributed by atoms with E-state index in [0.29, 0.717) is 16.5 Å². The fraction of sp³-hybridized carbons (Fsp3) is 0.111. The van der Waals surface area contributed by atoms with Crippen molar-refractivity contribution >= 4 is 23.4 Å². The third-order valence-electron chi connectivity index (χ3n) is 3.28.